The monoisotopic (exact) mass is 279 g/mol. The van der Waals surface area contributed by atoms with Crippen LogP contribution in [0, 0.1) is 11.3 Å². The van der Waals surface area contributed by atoms with Crippen molar-refractivity contribution >= 4 is 0 Å². The first-order chi connectivity index (χ1) is 9.49. The molecule has 1 aliphatic carbocycles. The van der Waals surface area contributed by atoms with Crippen LogP contribution < -0.4 is 5.32 Å². The fourth-order valence-electron chi connectivity index (χ4n) is 3.16. The van der Waals surface area contributed by atoms with Crippen LogP contribution in [-0.2, 0) is 4.74 Å². The molecule has 114 valence electrons. The van der Waals surface area contributed by atoms with E-state index in [1.807, 2.05) is 14.0 Å². The number of methoxy groups -OCH3 is 1. The largest absolute Gasteiger partial charge is 0.377 e. The van der Waals surface area contributed by atoms with Gasteiger partial charge >= 0.3 is 0 Å². The SMILES string of the molecule is COC1(C)CCCN(CCCC(C)(C#N)NC2CC2)C1. The summed E-state index contributed by atoms with van der Waals surface area (Å²) >= 11 is 0. The number of nitriles is 1. The molecule has 20 heavy (non-hydrogen) atoms. The molecule has 0 aromatic carbocycles. The molecule has 2 unspecified atom stereocenters. The summed E-state index contributed by atoms with van der Waals surface area (Å²) in [5, 5.41) is 12.9. The predicted octanol–water partition coefficient (Wildman–Crippen LogP) is 2.30. The van der Waals surface area contributed by atoms with Crippen LogP contribution in [0.15, 0.2) is 0 Å². The highest BCUT2D eigenvalue weighted by atomic mass is 16.5. The van der Waals surface area contributed by atoms with Gasteiger partial charge in [0.05, 0.1) is 11.7 Å². The smallest absolute Gasteiger partial charge is 0.104 e. The van der Waals surface area contributed by atoms with Crippen LogP contribution in [0.5, 0.6) is 0 Å². The molecule has 1 heterocycles. The Morgan fingerprint density at radius 2 is 2.25 bits per heavy atom. The van der Waals surface area contributed by atoms with Crippen molar-refractivity contribution in [3.05, 3.63) is 0 Å². The average Bonchev–Trinajstić information content (AvgIpc) is 3.23. The lowest BCUT2D eigenvalue weighted by molar-refractivity contribution is -0.0510. The number of nitrogens with one attached hydrogen (secondary N) is 1. The summed E-state index contributed by atoms with van der Waals surface area (Å²) in [7, 11) is 1.82. The quantitative estimate of drug-likeness (QED) is 0.777. The van der Waals surface area contributed by atoms with Crippen molar-refractivity contribution in [3.8, 4) is 6.07 Å². The zero-order valence-electron chi connectivity index (χ0n) is 13.2. The Balaban J connectivity index is 1.73. The molecule has 2 fully saturated rings. The zero-order chi connectivity index (χ0) is 14.6. The van der Waals surface area contributed by atoms with E-state index in [9.17, 15) is 5.26 Å². The third-order valence-corrected chi connectivity index (χ3v) is 4.73. The van der Waals surface area contributed by atoms with Gasteiger partial charge in [0.15, 0.2) is 0 Å². The molecule has 1 aliphatic heterocycles. The highest BCUT2D eigenvalue weighted by molar-refractivity contribution is 5.07. The molecule has 0 bridgehead atoms. The highest BCUT2D eigenvalue weighted by Gasteiger charge is 2.33. The average molecular weight is 279 g/mol. The van der Waals surface area contributed by atoms with Gasteiger partial charge < -0.3 is 9.64 Å². The van der Waals surface area contributed by atoms with E-state index in [0.29, 0.717) is 6.04 Å². The van der Waals surface area contributed by atoms with Crippen LogP contribution in [0.2, 0.25) is 0 Å². The van der Waals surface area contributed by atoms with E-state index < -0.39 is 0 Å². The maximum absolute atomic E-state index is 9.37. The number of likely N-dealkylation sites (tertiary alicyclic amines) is 1. The van der Waals surface area contributed by atoms with Crippen LogP contribution in [0.25, 0.3) is 0 Å². The molecule has 0 spiro atoms. The van der Waals surface area contributed by atoms with Crippen LogP contribution in [-0.4, -0.2) is 48.8 Å². The maximum Gasteiger partial charge on any atom is 0.104 e. The number of piperidine rings is 1. The second kappa shape index (κ2) is 6.43. The Kier molecular flexibility index (Phi) is 5.06. The van der Waals surface area contributed by atoms with Crippen molar-refractivity contribution < 1.29 is 4.74 Å². The summed E-state index contributed by atoms with van der Waals surface area (Å²) in [6.07, 6.45) is 6.83. The van der Waals surface area contributed by atoms with Gasteiger partial charge in [-0.3, -0.25) is 5.32 Å². The molecule has 0 amide bonds. The highest BCUT2D eigenvalue weighted by Crippen LogP contribution is 2.26. The summed E-state index contributed by atoms with van der Waals surface area (Å²) in [6, 6.07) is 3.05. The Labute approximate surface area is 123 Å². The van der Waals surface area contributed by atoms with Crippen LogP contribution in [0.4, 0.5) is 0 Å². The minimum Gasteiger partial charge on any atom is -0.377 e. The van der Waals surface area contributed by atoms with Crippen molar-refractivity contribution in [3.63, 3.8) is 0 Å². The number of hydrogen-bond acceptors (Lipinski definition) is 4. The fourth-order valence-corrected chi connectivity index (χ4v) is 3.16. The Bertz CT molecular complexity index is 363. The van der Waals surface area contributed by atoms with E-state index in [2.05, 4.69) is 23.2 Å². The summed E-state index contributed by atoms with van der Waals surface area (Å²) in [4.78, 5) is 2.49. The lowest BCUT2D eigenvalue weighted by Gasteiger charge is -2.39. The predicted molar refractivity (Wildman–Crippen MR) is 80.5 cm³/mol. The van der Waals surface area contributed by atoms with E-state index in [-0.39, 0.29) is 11.1 Å². The van der Waals surface area contributed by atoms with E-state index >= 15 is 0 Å². The second-order valence-electron chi connectivity index (χ2n) is 7.00. The Hall–Kier alpha value is -0.630. The maximum atomic E-state index is 9.37. The van der Waals surface area contributed by atoms with Crippen LogP contribution in [0.3, 0.4) is 0 Å². The van der Waals surface area contributed by atoms with Crippen molar-refractivity contribution in [2.75, 3.05) is 26.7 Å². The number of nitrogens with zero attached hydrogens (tertiary/aromatic N) is 2. The molecule has 2 rings (SSSR count). The zero-order valence-corrected chi connectivity index (χ0v) is 13.2. The van der Waals surface area contributed by atoms with Crippen molar-refractivity contribution in [1.82, 2.24) is 10.2 Å². The van der Waals surface area contributed by atoms with Crippen molar-refractivity contribution in [1.29, 1.82) is 5.26 Å². The van der Waals surface area contributed by atoms with Gasteiger partial charge in [-0.15, -0.1) is 0 Å². The molecule has 0 radical (unpaired) electrons. The van der Waals surface area contributed by atoms with Crippen LogP contribution >= 0.6 is 0 Å². The molecular weight excluding hydrogens is 250 g/mol. The van der Waals surface area contributed by atoms with Gasteiger partial charge in [0, 0.05) is 19.7 Å². The Morgan fingerprint density at radius 3 is 2.85 bits per heavy atom. The summed E-state index contributed by atoms with van der Waals surface area (Å²) < 4.78 is 5.63. The Morgan fingerprint density at radius 1 is 1.50 bits per heavy atom. The minimum atomic E-state index is -0.346. The summed E-state index contributed by atoms with van der Waals surface area (Å²) in [6.45, 7) is 7.50. The fraction of sp³-hybridized carbons (Fsp3) is 0.938. The molecule has 4 heteroatoms. The molecule has 1 N–H and O–H groups in total. The number of ether oxygens (including phenoxy) is 1. The standard InChI is InChI=1S/C16H29N3O/c1-15(12-17,18-14-6-7-14)8-4-10-19-11-5-9-16(2,13-19)20-3/h14,18H,4-11,13H2,1-3H3. The van der Waals surface area contributed by atoms with Crippen molar-refractivity contribution in [2.45, 2.75) is 69.6 Å². The van der Waals surface area contributed by atoms with Gasteiger partial charge in [-0.1, -0.05) is 0 Å². The van der Waals surface area contributed by atoms with E-state index in [4.69, 9.17) is 4.74 Å². The minimum absolute atomic E-state index is 0.0169. The molecule has 1 saturated heterocycles. The third kappa shape index (κ3) is 4.44. The van der Waals surface area contributed by atoms with Crippen LogP contribution in [0.1, 0.15) is 52.4 Å². The van der Waals surface area contributed by atoms with Gasteiger partial charge in [0.25, 0.3) is 0 Å². The molecule has 4 nitrogen and oxygen atoms in total. The lowest BCUT2D eigenvalue weighted by atomic mass is 9.93. The van der Waals surface area contributed by atoms with Gasteiger partial charge in [-0.2, -0.15) is 5.26 Å². The molecule has 0 aromatic rings. The lowest BCUT2D eigenvalue weighted by Crippen LogP contribution is -2.48. The summed E-state index contributed by atoms with van der Waals surface area (Å²) in [5.41, 5.74) is -0.329. The van der Waals surface area contributed by atoms with Gasteiger partial charge in [-0.05, 0) is 65.5 Å². The topological polar surface area (TPSA) is 48.3 Å². The molecule has 2 aliphatic rings. The number of hydrogen-bond donors (Lipinski definition) is 1. The van der Waals surface area contributed by atoms with E-state index in [1.165, 1.54) is 19.3 Å². The van der Waals surface area contributed by atoms with Gasteiger partial charge in [0.2, 0.25) is 0 Å². The number of rotatable bonds is 7. The van der Waals surface area contributed by atoms with Gasteiger partial charge in [0.1, 0.15) is 5.54 Å². The van der Waals surface area contributed by atoms with E-state index in [1.54, 1.807) is 0 Å². The summed E-state index contributed by atoms with van der Waals surface area (Å²) in [5.74, 6) is 0. The molecule has 0 aromatic heterocycles. The molecule has 1 saturated carbocycles. The van der Waals surface area contributed by atoms with E-state index in [0.717, 1.165) is 38.9 Å². The van der Waals surface area contributed by atoms with Gasteiger partial charge in [-0.25, -0.2) is 0 Å². The first-order valence-electron chi connectivity index (χ1n) is 7.95. The molecular formula is C16H29N3O. The first-order valence-corrected chi connectivity index (χ1v) is 7.95. The third-order valence-electron chi connectivity index (χ3n) is 4.73. The molecule has 2 atom stereocenters. The second-order valence-corrected chi connectivity index (χ2v) is 7.00. The van der Waals surface area contributed by atoms with Crippen molar-refractivity contribution in [2.24, 2.45) is 0 Å². The normalized spacial score (nSPS) is 30.7. The first kappa shape index (κ1) is 15.8.